The molecule has 41 heavy (non-hydrogen) atoms. The van der Waals surface area contributed by atoms with Gasteiger partial charge in [0.1, 0.15) is 23.7 Å². The lowest BCUT2D eigenvalue weighted by Gasteiger charge is -2.25. The summed E-state index contributed by atoms with van der Waals surface area (Å²) in [5, 5.41) is 15.1. The van der Waals surface area contributed by atoms with Crippen molar-refractivity contribution >= 4 is 28.2 Å². The number of carboxylic acid groups (broad SMARTS) is 1. The highest BCUT2D eigenvalue weighted by atomic mass is 19.1. The minimum absolute atomic E-state index is 0.138. The van der Waals surface area contributed by atoms with Crippen LogP contribution in [0.2, 0.25) is 0 Å². The van der Waals surface area contributed by atoms with E-state index in [4.69, 9.17) is 15.5 Å². The zero-order chi connectivity index (χ0) is 29.1. The van der Waals surface area contributed by atoms with Gasteiger partial charge in [-0.1, -0.05) is 43.3 Å². The second-order valence-corrected chi connectivity index (χ2v) is 9.77. The van der Waals surface area contributed by atoms with E-state index in [0.29, 0.717) is 41.6 Å². The lowest BCUT2D eigenvalue weighted by molar-refractivity contribution is -0.140. The number of nitrogens with one attached hydrogen (secondary N) is 1. The number of fused-ring (bicyclic) bond motifs is 1. The molecular formula is C32H32FN5O3. The van der Waals surface area contributed by atoms with Gasteiger partial charge >= 0.3 is 5.97 Å². The molecule has 4 N–H and O–H groups in total. The van der Waals surface area contributed by atoms with Crippen LogP contribution in [0.15, 0.2) is 79.1 Å². The Labute approximate surface area is 237 Å². The van der Waals surface area contributed by atoms with E-state index in [1.165, 1.54) is 0 Å². The lowest BCUT2D eigenvalue weighted by atomic mass is 9.99. The van der Waals surface area contributed by atoms with E-state index < -0.39 is 23.9 Å². The Hall–Kier alpha value is -4.92. The molecule has 8 nitrogen and oxygen atoms in total. The topological polar surface area (TPSA) is 115 Å². The first-order valence-electron chi connectivity index (χ1n) is 13.5. The number of ether oxygens (including phenoxy) is 1. The van der Waals surface area contributed by atoms with Gasteiger partial charge in [-0.15, -0.1) is 0 Å². The third-order valence-corrected chi connectivity index (χ3v) is 7.12. The van der Waals surface area contributed by atoms with Gasteiger partial charge in [-0.25, -0.2) is 19.2 Å². The molecule has 5 rings (SSSR count). The Kier molecular flexibility index (Phi) is 7.87. The first-order valence-corrected chi connectivity index (χ1v) is 13.5. The number of aromatic nitrogens is 3. The number of aryl methyl sites for hydroxylation is 1. The molecule has 2 unspecified atom stereocenters. The molecular weight excluding hydrogens is 521 g/mol. The normalized spacial score (nSPS) is 12.7. The molecule has 0 fully saturated rings. The van der Waals surface area contributed by atoms with Crippen molar-refractivity contribution in [2.24, 2.45) is 0 Å². The number of carboxylic acids is 1. The average Bonchev–Trinajstić information content (AvgIpc) is 3.42. The third-order valence-electron chi connectivity index (χ3n) is 7.12. The molecule has 0 saturated carbocycles. The van der Waals surface area contributed by atoms with Crippen molar-refractivity contribution in [1.29, 1.82) is 0 Å². The summed E-state index contributed by atoms with van der Waals surface area (Å²) in [7, 11) is 0. The molecule has 0 bridgehead atoms. The summed E-state index contributed by atoms with van der Waals surface area (Å²) >= 11 is 0. The monoisotopic (exact) mass is 553 g/mol. The average molecular weight is 554 g/mol. The highest BCUT2D eigenvalue weighted by Gasteiger charge is 2.30. The molecule has 2 heterocycles. The van der Waals surface area contributed by atoms with Crippen LogP contribution in [0.25, 0.3) is 22.0 Å². The summed E-state index contributed by atoms with van der Waals surface area (Å²) in [5.41, 5.74) is 9.30. The summed E-state index contributed by atoms with van der Waals surface area (Å²) < 4.78 is 23.5. The number of nitrogen functional groups attached to an aromatic ring is 1. The van der Waals surface area contributed by atoms with E-state index in [1.807, 2.05) is 61.5 Å². The number of anilines is 2. The summed E-state index contributed by atoms with van der Waals surface area (Å²) in [5.74, 6) is -0.670. The van der Waals surface area contributed by atoms with Gasteiger partial charge in [0, 0.05) is 34.6 Å². The van der Waals surface area contributed by atoms with Gasteiger partial charge in [-0.2, -0.15) is 0 Å². The number of nitrogens with two attached hydrogens (primary N) is 1. The highest BCUT2D eigenvalue weighted by molar-refractivity contribution is 5.93. The molecule has 0 aliphatic rings. The third kappa shape index (κ3) is 5.56. The minimum Gasteiger partial charge on any atom is -0.491 e. The fraction of sp³-hybridized carbons (Fsp3) is 0.219. The Bertz CT molecular complexity index is 1700. The van der Waals surface area contributed by atoms with Crippen LogP contribution in [0.5, 0.6) is 5.75 Å². The molecule has 0 aliphatic heterocycles. The van der Waals surface area contributed by atoms with Gasteiger partial charge in [0.15, 0.2) is 11.6 Å². The van der Waals surface area contributed by atoms with E-state index in [2.05, 4.69) is 10.3 Å². The number of hydrogen-bond acceptors (Lipinski definition) is 6. The van der Waals surface area contributed by atoms with Crippen LogP contribution in [0.1, 0.15) is 49.8 Å². The SMILES string of the molecule is CCOc1cc(CC)cc(C(Nc2ccc3c(N)nccc3c2)c2nc(-c3ccccc3)cn2C(C)C(=O)O)c1F. The maximum atomic E-state index is 16.2. The molecule has 0 saturated heterocycles. The number of halogens is 1. The Balaban J connectivity index is 1.74. The quantitative estimate of drug-likeness (QED) is 0.178. The van der Waals surface area contributed by atoms with Gasteiger partial charge < -0.3 is 25.5 Å². The molecule has 2 aromatic heterocycles. The summed E-state index contributed by atoms with van der Waals surface area (Å²) in [4.78, 5) is 21.3. The van der Waals surface area contributed by atoms with E-state index in [0.717, 1.165) is 21.9 Å². The van der Waals surface area contributed by atoms with Crippen molar-refractivity contribution in [3.8, 4) is 17.0 Å². The van der Waals surface area contributed by atoms with Crippen LogP contribution in [0, 0.1) is 5.82 Å². The van der Waals surface area contributed by atoms with Crippen LogP contribution in [-0.2, 0) is 11.2 Å². The molecule has 0 spiro atoms. The van der Waals surface area contributed by atoms with Crippen molar-refractivity contribution < 1.29 is 19.0 Å². The number of benzene rings is 3. The standard InChI is InChI=1S/C32H32FN5O3/c1-4-20-15-25(28(33)27(16-20)41-5-2)29(36-23-11-12-24-22(17-23)13-14-35-30(24)34)31-37-26(21-9-7-6-8-10-21)18-38(31)19(3)32(39)40/h6-19,29,36H,4-5H2,1-3H3,(H2,34,35)(H,39,40). The number of nitrogens with zero attached hydrogens (tertiary/aromatic N) is 3. The number of hydrogen-bond donors (Lipinski definition) is 3. The largest absolute Gasteiger partial charge is 0.491 e. The van der Waals surface area contributed by atoms with Crippen molar-refractivity contribution in [1.82, 2.24) is 14.5 Å². The molecule has 9 heteroatoms. The number of imidazole rings is 1. The van der Waals surface area contributed by atoms with Crippen molar-refractivity contribution in [2.75, 3.05) is 17.7 Å². The van der Waals surface area contributed by atoms with E-state index >= 15 is 4.39 Å². The van der Waals surface area contributed by atoms with Gasteiger partial charge in [-0.3, -0.25) is 0 Å². The fourth-order valence-corrected chi connectivity index (χ4v) is 4.89. The van der Waals surface area contributed by atoms with Crippen LogP contribution in [-0.4, -0.2) is 32.2 Å². The number of carbonyl (C=O) groups is 1. The number of pyridine rings is 1. The maximum absolute atomic E-state index is 16.2. The van der Waals surface area contributed by atoms with E-state index in [1.54, 1.807) is 42.9 Å². The Morgan fingerprint density at radius 1 is 1.12 bits per heavy atom. The van der Waals surface area contributed by atoms with E-state index in [-0.39, 0.29) is 5.75 Å². The highest BCUT2D eigenvalue weighted by Crippen LogP contribution is 2.36. The first kappa shape index (κ1) is 27.6. The molecule has 2 atom stereocenters. The fourth-order valence-electron chi connectivity index (χ4n) is 4.89. The first-order chi connectivity index (χ1) is 19.8. The zero-order valence-electron chi connectivity index (χ0n) is 23.1. The van der Waals surface area contributed by atoms with Crippen LogP contribution >= 0.6 is 0 Å². The summed E-state index contributed by atoms with van der Waals surface area (Å²) in [6.07, 6.45) is 3.98. The molecule has 3 aromatic carbocycles. The predicted octanol–water partition coefficient (Wildman–Crippen LogP) is 6.63. The van der Waals surface area contributed by atoms with Gasteiger partial charge in [0.2, 0.25) is 0 Å². The van der Waals surface area contributed by atoms with Crippen LogP contribution in [0.3, 0.4) is 0 Å². The van der Waals surface area contributed by atoms with Crippen LogP contribution < -0.4 is 15.8 Å². The molecule has 0 aliphatic carbocycles. The molecule has 0 radical (unpaired) electrons. The second-order valence-electron chi connectivity index (χ2n) is 9.77. The van der Waals surface area contributed by atoms with Crippen molar-refractivity contribution in [2.45, 2.75) is 39.3 Å². The molecule has 0 amide bonds. The summed E-state index contributed by atoms with van der Waals surface area (Å²) in [6, 6.07) is 18.6. The lowest BCUT2D eigenvalue weighted by Crippen LogP contribution is -2.24. The van der Waals surface area contributed by atoms with E-state index in [9.17, 15) is 9.90 Å². The van der Waals surface area contributed by atoms with Crippen LogP contribution in [0.4, 0.5) is 15.9 Å². The van der Waals surface area contributed by atoms with Crippen molar-refractivity contribution in [3.63, 3.8) is 0 Å². The van der Waals surface area contributed by atoms with Gasteiger partial charge in [0.25, 0.3) is 0 Å². The Morgan fingerprint density at radius 3 is 2.61 bits per heavy atom. The van der Waals surface area contributed by atoms with Gasteiger partial charge in [0.05, 0.1) is 12.3 Å². The Morgan fingerprint density at radius 2 is 1.90 bits per heavy atom. The number of rotatable bonds is 10. The summed E-state index contributed by atoms with van der Waals surface area (Å²) in [6.45, 7) is 5.66. The molecule has 5 aromatic rings. The predicted molar refractivity (Wildman–Crippen MR) is 159 cm³/mol. The smallest absolute Gasteiger partial charge is 0.326 e. The van der Waals surface area contributed by atoms with Crippen molar-refractivity contribution in [3.05, 3.63) is 102 Å². The van der Waals surface area contributed by atoms with Gasteiger partial charge in [-0.05, 0) is 61.5 Å². The maximum Gasteiger partial charge on any atom is 0.326 e. The second kappa shape index (κ2) is 11.7. The number of aliphatic carboxylic acids is 1. The minimum atomic E-state index is -1.03. The molecule has 210 valence electrons. The zero-order valence-corrected chi connectivity index (χ0v) is 23.1.